The average molecular weight is 472 g/mol. The minimum Gasteiger partial charge on any atom is -0.456 e. The van der Waals surface area contributed by atoms with E-state index in [2.05, 4.69) is 24.6 Å². The van der Waals surface area contributed by atoms with Crippen LogP contribution in [0.25, 0.3) is 11.0 Å². The van der Waals surface area contributed by atoms with Gasteiger partial charge < -0.3 is 19.8 Å². The summed E-state index contributed by atoms with van der Waals surface area (Å²) in [5, 5.41) is -0.146. The number of ether oxygens (including phenoxy) is 2. The molecule has 2 heterocycles. The number of hydrogen-bond donors (Lipinski definition) is 1. The number of nitrogens with zero attached hydrogens (tertiary/aromatic N) is 2. The number of halogens is 4. The van der Waals surface area contributed by atoms with Crippen molar-refractivity contribution in [1.29, 1.82) is 0 Å². The lowest BCUT2D eigenvalue weighted by Crippen LogP contribution is -2.22. The number of benzene rings is 1. The predicted octanol–water partition coefficient (Wildman–Crippen LogP) is 6.70. The molecule has 0 atom stereocenters. The molecule has 3 aromatic rings. The van der Waals surface area contributed by atoms with E-state index in [1.54, 1.807) is 25.1 Å². The van der Waals surface area contributed by atoms with E-state index < -0.39 is 19.8 Å². The van der Waals surface area contributed by atoms with Crippen molar-refractivity contribution in [2.45, 2.75) is 45.5 Å². The van der Waals surface area contributed by atoms with Gasteiger partial charge in [-0.3, -0.25) is 0 Å². The van der Waals surface area contributed by atoms with E-state index in [9.17, 15) is 13.2 Å². The first-order valence-corrected chi connectivity index (χ1v) is 13.8. The van der Waals surface area contributed by atoms with E-state index in [0.29, 0.717) is 23.6 Å². The SMILES string of the molecule is Cc1cc(N)ccc1Oc1cc(Cl)nc2c1c(C(F)(F)F)cn2COCC[Si](C)(C)C. The summed E-state index contributed by atoms with van der Waals surface area (Å²) >= 11 is 6.13. The summed E-state index contributed by atoms with van der Waals surface area (Å²) in [6.45, 7) is 8.76. The number of alkyl halides is 3. The van der Waals surface area contributed by atoms with Crippen molar-refractivity contribution in [2.24, 2.45) is 0 Å². The predicted molar refractivity (Wildman–Crippen MR) is 120 cm³/mol. The van der Waals surface area contributed by atoms with Gasteiger partial charge in [0.15, 0.2) is 0 Å². The maximum absolute atomic E-state index is 13.8. The van der Waals surface area contributed by atoms with Gasteiger partial charge in [-0.15, -0.1) is 0 Å². The van der Waals surface area contributed by atoms with Crippen LogP contribution in [-0.4, -0.2) is 24.2 Å². The number of aryl methyl sites for hydroxylation is 1. The van der Waals surface area contributed by atoms with Crippen molar-refractivity contribution in [3.05, 3.63) is 46.7 Å². The van der Waals surface area contributed by atoms with Crippen LogP contribution in [0.5, 0.6) is 11.5 Å². The smallest absolute Gasteiger partial charge is 0.418 e. The molecular weight excluding hydrogens is 447 g/mol. The van der Waals surface area contributed by atoms with E-state index >= 15 is 0 Å². The van der Waals surface area contributed by atoms with E-state index in [1.807, 2.05) is 0 Å². The number of pyridine rings is 1. The molecule has 0 saturated heterocycles. The number of nitrogen functional groups attached to an aromatic ring is 1. The molecule has 0 bridgehead atoms. The Kier molecular flexibility index (Phi) is 6.59. The number of rotatable bonds is 7. The summed E-state index contributed by atoms with van der Waals surface area (Å²) < 4.78 is 54.4. The van der Waals surface area contributed by atoms with Crippen LogP contribution in [0.2, 0.25) is 30.8 Å². The zero-order valence-electron chi connectivity index (χ0n) is 17.8. The number of hydrogen-bond acceptors (Lipinski definition) is 4. The first-order valence-electron chi connectivity index (χ1n) is 9.73. The molecule has 31 heavy (non-hydrogen) atoms. The molecule has 0 aliphatic rings. The fraction of sp³-hybridized carbons (Fsp3) is 0.381. The van der Waals surface area contributed by atoms with Gasteiger partial charge in [0.25, 0.3) is 0 Å². The zero-order valence-corrected chi connectivity index (χ0v) is 19.6. The van der Waals surface area contributed by atoms with Crippen LogP contribution in [-0.2, 0) is 17.6 Å². The lowest BCUT2D eigenvalue weighted by molar-refractivity contribution is -0.136. The molecule has 5 nitrogen and oxygen atoms in total. The minimum absolute atomic E-state index is 0.0192. The number of aromatic nitrogens is 2. The molecule has 0 spiro atoms. The molecule has 2 aromatic heterocycles. The van der Waals surface area contributed by atoms with Crippen LogP contribution >= 0.6 is 11.6 Å². The Morgan fingerprint density at radius 3 is 2.48 bits per heavy atom. The monoisotopic (exact) mass is 471 g/mol. The Balaban J connectivity index is 2.04. The van der Waals surface area contributed by atoms with Crippen molar-refractivity contribution in [1.82, 2.24) is 9.55 Å². The Morgan fingerprint density at radius 2 is 1.87 bits per heavy atom. The number of fused-ring (bicyclic) bond motifs is 1. The van der Waals surface area contributed by atoms with Gasteiger partial charge in [-0.2, -0.15) is 13.2 Å². The van der Waals surface area contributed by atoms with Crippen LogP contribution in [0, 0.1) is 6.92 Å². The molecular formula is C21H25ClF3N3O2Si. The van der Waals surface area contributed by atoms with Gasteiger partial charge in [-0.1, -0.05) is 31.2 Å². The van der Waals surface area contributed by atoms with E-state index in [4.69, 9.17) is 26.8 Å². The Hall–Kier alpha value is -2.23. The Labute approximate surface area is 184 Å². The van der Waals surface area contributed by atoms with Crippen molar-refractivity contribution in [2.75, 3.05) is 12.3 Å². The zero-order chi connectivity index (χ0) is 23.0. The van der Waals surface area contributed by atoms with Crippen LogP contribution in [0.15, 0.2) is 30.5 Å². The summed E-state index contributed by atoms with van der Waals surface area (Å²) in [6.07, 6.45) is -3.61. The summed E-state index contributed by atoms with van der Waals surface area (Å²) in [4.78, 5) is 4.13. The maximum Gasteiger partial charge on any atom is 0.418 e. The molecule has 1 aromatic carbocycles. The van der Waals surface area contributed by atoms with Gasteiger partial charge in [0, 0.05) is 32.6 Å². The van der Waals surface area contributed by atoms with Gasteiger partial charge in [-0.25, -0.2) is 4.98 Å². The largest absolute Gasteiger partial charge is 0.456 e. The highest BCUT2D eigenvalue weighted by atomic mass is 35.5. The lowest BCUT2D eigenvalue weighted by Gasteiger charge is -2.15. The second-order valence-corrected chi connectivity index (χ2v) is 14.6. The van der Waals surface area contributed by atoms with E-state index in [-0.39, 0.29) is 28.7 Å². The number of anilines is 1. The molecule has 0 saturated carbocycles. The highest BCUT2D eigenvalue weighted by molar-refractivity contribution is 6.76. The molecule has 3 rings (SSSR count). The first kappa shape index (κ1) is 23.4. The summed E-state index contributed by atoms with van der Waals surface area (Å²) in [6, 6.07) is 7.08. The van der Waals surface area contributed by atoms with Crippen molar-refractivity contribution in [3.8, 4) is 11.5 Å². The quantitative estimate of drug-likeness (QED) is 0.180. The normalized spacial score (nSPS) is 12.5. The number of nitrogens with two attached hydrogens (primary N) is 1. The van der Waals surface area contributed by atoms with Gasteiger partial charge in [-0.05, 0) is 36.7 Å². The van der Waals surface area contributed by atoms with Gasteiger partial charge in [0.2, 0.25) is 0 Å². The summed E-state index contributed by atoms with van der Waals surface area (Å²) in [7, 11) is -1.32. The first-order chi connectivity index (χ1) is 14.3. The fourth-order valence-corrected chi connectivity index (χ4v) is 4.00. The standard InChI is InChI=1S/C21H25ClF3N3O2Si/c1-13-9-14(26)5-6-16(13)30-17-10-18(22)27-20-19(17)15(21(23,24)25)11-28(20)12-29-7-8-31(2,3)4/h5-6,9-11H,7-8,12,26H2,1-4H3. The molecule has 0 amide bonds. The van der Waals surface area contributed by atoms with Crippen molar-refractivity contribution >= 4 is 36.4 Å². The maximum atomic E-state index is 13.8. The molecule has 0 unspecified atom stereocenters. The van der Waals surface area contributed by atoms with Crippen LogP contribution in [0.3, 0.4) is 0 Å². The summed E-state index contributed by atoms with van der Waals surface area (Å²) in [5.74, 6) is 0.348. The molecule has 2 N–H and O–H groups in total. The second kappa shape index (κ2) is 8.72. The van der Waals surface area contributed by atoms with E-state index in [1.165, 1.54) is 10.6 Å². The highest BCUT2D eigenvalue weighted by Gasteiger charge is 2.37. The minimum atomic E-state index is -4.61. The van der Waals surface area contributed by atoms with E-state index in [0.717, 1.165) is 12.2 Å². The highest BCUT2D eigenvalue weighted by Crippen LogP contribution is 2.42. The second-order valence-electron chi connectivity index (χ2n) is 8.63. The molecule has 0 aliphatic heterocycles. The third kappa shape index (κ3) is 5.72. The third-order valence-corrected chi connectivity index (χ3v) is 6.61. The lowest BCUT2D eigenvalue weighted by atomic mass is 10.2. The molecule has 0 fully saturated rings. The molecule has 0 radical (unpaired) electrons. The molecule has 168 valence electrons. The van der Waals surface area contributed by atoms with Crippen molar-refractivity contribution in [3.63, 3.8) is 0 Å². The van der Waals surface area contributed by atoms with Gasteiger partial charge in [0.05, 0.1) is 10.9 Å². The van der Waals surface area contributed by atoms with Crippen LogP contribution in [0.1, 0.15) is 11.1 Å². The Bertz CT molecular complexity index is 1090. The van der Waals surface area contributed by atoms with Crippen molar-refractivity contribution < 1.29 is 22.6 Å². The Morgan fingerprint density at radius 1 is 1.16 bits per heavy atom. The average Bonchev–Trinajstić information content (AvgIpc) is 2.99. The fourth-order valence-electron chi connectivity index (χ4n) is 3.06. The topological polar surface area (TPSA) is 62.3 Å². The van der Waals surface area contributed by atoms with Gasteiger partial charge in [0.1, 0.15) is 29.0 Å². The van der Waals surface area contributed by atoms with Gasteiger partial charge >= 0.3 is 6.18 Å². The summed E-state index contributed by atoms with van der Waals surface area (Å²) in [5.41, 5.74) is 6.16. The molecule has 10 heteroatoms. The van der Waals surface area contributed by atoms with Crippen LogP contribution in [0.4, 0.5) is 18.9 Å². The molecule has 0 aliphatic carbocycles. The van der Waals surface area contributed by atoms with Crippen LogP contribution < -0.4 is 10.5 Å². The third-order valence-electron chi connectivity index (χ3n) is 4.71.